The van der Waals surface area contributed by atoms with Crippen molar-refractivity contribution in [2.45, 2.75) is 32.7 Å². The van der Waals surface area contributed by atoms with Crippen molar-refractivity contribution in [2.75, 3.05) is 18.1 Å². The summed E-state index contributed by atoms with van der Waals surface area (Å²) in [5.41, 5.74) is 1.44. The number of aliphatic hydroxyl groups is 1. The van der Waals surface area contributed by atoms with Crippen LogP contribution in [0.4, 0.5) is 11.4 Å². The van der Waals surface area contributed by atoms with E-state index in [1.165, 1.54) is 0 Å². The molecule has 0 saturated carbocycles. The molecule has 0 spiro atoms. The molecule has 1 radical (unpaired) electrons. The predicted molar refractivity (Wildman–Crippen MR) is 91.6 cm³/mol. The van der Waals surface area contributed by atoms with Gasteiger partial charge >= 0.3 is 0 Å². The van der Waals surface area contributed by atoms with Crippen LogP contribution in [0.15, 0.2) is 12.1 Å². The van der Waals surface area contributed by atoms with Gasteiger partial charge in [-0.25, -0.2) is 4.85 Å². The van der Waals surface area contributed by atoms with Crippen LogP contribution in [0.1, 0.15) is 25.8 Å². The SMILES string of the molecule is [C-]#[N+]c1ccc(N2C(=N)C(C)(C)N(CCCO)C2=S)[c-]c1C.[Y]. The topological polar surface area (TPSA) is 54.9 Å². The molecule has 1 fully saturated rings. The number of hydrogen-bond acceptors (Lipinski definition) is 3. The molecule has 1 aromatic rings. The average molecular weight is 404 g/mol. The first-order valence-corrected chi connectivity index (χ1v) is 7.47. The van der Waals surface area contributed by atoms with E-state index < -0.39 is 5.54 Å². The minimum Gasteiger partial charge on any atom is -0.396 e. The van der Waals surface area contributed by atoms with Crippen LogP contribution in [0.2, 0.25) is 0 Å². The van der Waals surface area contributed by atoms with Crippen LogP contribution >= 0.6 is 12.2 Å². The molecule has 2 rings (SSSR count). The van der Waals surface area contributed by atoms with Crippen molar-refractivity contribution in [3.05, 3.63) is 35.2 Å². The third-order valence-corrected chi connectivity index (χ3v) is 4.30. The first-order chi connectivity index (χ1) is 10.3. The quantitative estimate of drug-likeness (QED) is 0.599. The van der Waals surface area contributed by atoms with E-state index in [1.54, 1.807) is 17.0 Å². The van der Waals surface area contributed by atoms with Crippen LogP contribution in [0, 0.1) is 25.0 Å². The maximum Gasteiger partial charge on any atom is 0.210 e. The third-order valence-electron chi connectivity index (χ3n) is 3.90. The standard InChI is InChI=1S/C16H19N4OS.Y/c1-11-10-12(6-7-13(11)18-4)20-14(17)16(2,3)19(15(20)22)8-5-9-21;/h6-7,17,21H,5,8-9H2,1-3H3;/q-1;. The van der Waals surface area contributed by atoms with E-state index >= 15 is 0 Å². The second-order valence-electron chi connectivity index (χ2n) is 5.72. The fourth-order valence-corrected chi connectivity index (χ4v) is 3.03. The molecule has 1 saturated heterocycles. The van der Waals surface area contributed by atoms with E-state index in [2.05, 4.69) is 10.9 Å². The molecule has 1 aliphatic rings. The van der Waals surface area contributed by atoms with Crippen molar-refractivity contribution in [3.8, 4) is 0 Å². The number of benzene rings is 1. The van der Waals surface area contributed by atoms with Gasteiger partial charge in [-0.2, -0.15) is 0 Å². The van der Waals surface area contributed by atoms with Crippen molar-refractivity contribution in [1.82, 2.24) is 4.90 Å². The maximum atomic E-state index is 9.05. The van der Waals surface area contributed by atoms with Crippen LogP contribution < -0.4 is 4.90 Å². The summed E-state index contributed by atoms with van der Waals surface area (Å²) in [6.45, 7) is 13.5. The Balaban J connectivity index is 0.00000264. The Morgan fingerprint density at radius 3 is 2.61 bits per heavy atom. The molecule has 0 amide bonds. The minimum atomic E-state index is -0.535. The number of thiocarbonyl (C=S) groups is 1. The molecule has 0 aromatic heterocycles. The van der Waals surface area contributed by atoms with Crippen LogP contribution in [-0.2, 0) is 32.7 Å². The van der Waals surface area contributed by atoms with Gasteiger partial charge in [0.25, 0.3) is 0 Å². The summed E-state index contributed by atoms with van der Waals surface area (Å²) in [7, 11) is 0. The van der Waals surface area contributed by atoms with Gasteiger partial charge in [-0.15, -0.1) is 12.1 Å². The fourth-order valence-electron chi connectivity index (χ4n) is 2.52. The van der Waals surface area contributed by atoms with Gasteiger partial charge in [-0.3, -0.25) is 10.3 Å². The number of aliphatic hydroxyl groups excluding tert-OH is 1. The number of rotatable bonds is 4. The number of anilines is 1. The molecule has 1 aliphatic heterocycles. The number of amidine groups is 1. The zero-order chi connectivity index (χ0) is 16.5. The molecule has 119 valence electrons. The van der Waals surface area contributed by atoms with Crippen LogP contribution in [0.5, 0.6) is 0 Å². The Kier molecular flexibility index (Phi) is 6.85. The van der Waals surface area contributed by atoms with Gasteiger partial charge < -0.3 is 10.0 Å². The first-order valence-electron chi connectivity index (χ1n) is 7.06. The van der Waals surface area contributed by atoms with Crippen LogP contribution in [0.25, 0.3) is 4.85 Å². The second-order valence-corrected chi connectivity index (χ2v) is 6.09. The fraction of sp³-hybridized carbons (Fsp3) is 0.438. The summed E-state index contributed by atoms with van der Waals surface area (Å²) in [4.78, 5) is 7.07. The molecule has 0 aliphatic carbocycles. The zero-order valence-electron chi connectivity index (χ0n) is 13.6. The number of nitrogens with one attached hydrogen (secondary N) is 1. The van der Waals surface area contributed by atoms with Gasteiger partial charge in [0.2, 0.25) is 5.69 Å². The molecular weight excluding hydrogens is 385 g/mol. The van der Waals surface area contributed by atoms with E-state index in [9.17, 15) is 0 Å². The smallest absolute Gasteiger partial charge is 0.210 e. The van der Waals surface area contributed by atoms with E-state index in [-0.39, 0.29) is 39.3 Å². The normalized spacial score (nSPS) is 16.3. The second kappa shape index (κ2) is 7.80. The summed E-state index contributed by atoms with van der Waals surface area (Å²) in [6.07, 6.45) is 0.601. The summed E-state index contributed by atoms with van der Waals surface area (Å²) in [5, 5.41) is 18.1. The van der Waals surface area contributed by atoms with Crippen molar-refractivity contribution >= 4 is 34.5 Å². The molecule has 7 heteroatoms. The van der Waals surface area contributed by atoms with Gasteiger partial charge in [-0.1, -0.05) is 24.2 Å². The zero-order valence-corrected chi connectivity index (χ0v) is 17.2. The van der Waals surface area contributed by atoms with Crippen LogP contribution in [-0.4, -0.2) is 39.6 Å². The maximum absolute atomic E-state index is 9.05. The van der Waals surface area contributed by atoms with Gasteiger partial charge in [0.1, 0.15) is 12.4 Å². The van der Waals surface area contributed by atoms with Gasteiger partial charge in [-0.05, 0) is 32.5 Å². The van der Waals surface area contributed by atoms with E-state index in [0.29, 0.717) is 35.3 Å². The van der Waals surface area contributed by atoms with Crippen molar-refractivity contribution in [3.63, 3.8) is 0 Å². The largest absolute Gasteiger partial charge is 0.396 e. The van der Waals surface area contributed by atoms with Crippen LogP contribution in [0.3, 0.4) is 0 Å². The Morgan fingerprint density at radius 2 is 2.09 bits per heavy atom. The molecule has 0 atom stereocenters. The van der Waals surface area contributed by atoms with Crippen molar-refractivity contribution in [1.29, 1.82) is 5.41 Å². The van der Waals surface area contributed by atoms with E-state index in [0.717, 1.165) is 5.56 Å². The molecule has 0 bridgehead atoms. The molecule has 5 nitrogen and oxygen atoms in total. The van der Waals surface area contributed by atoms with E-state index in [4.69, 9.17) is 29.3 Å². The Bertz CT molecular complexity index is 669. The Hall–Kier alpha value is -0.866. The molecule has 1 aromatic carbocycles. The third kappa shape index (κ3) is 3.64. The van der Waals surface area contributed by atoms with Crippen molar-refractivity contribution < 1.29 is 37.8 Å². The van der Waals surface area contributed by atoms with Gasteiger partial charge in [0.15, 0.2) is 5.11 Å². The average Bonchev–Trinajstić information content (AvgIpc) is 2.63. The molecule has 1 heterocycles. The Morgan fingerprint density at radius 1 is 1.43 bits per heavy atom. The summed E-state index contributed by atoms with van der Waals surface area (Å²) in [6, 6.07) is 6.65. The number of nitrogens with zero attached hydrogens (tertiary/aromatic N) is 3. The van der Waals surface area contributed by atoms with Crippen molar-refractivity contribution in [2.24, 2.45) is 0 Å². The van der Waals surface area contributed by atoms with Gasteiger partial charge in [0, 0.05) is 45.9 Å². The Labute approximate surface area is 167 Å². The minimum absolute atomic E-state index is 0. The first kappa shape index (κ1) is 20.2. The van der Waals surface area contributed by atoms with E-state index in [1.807, 2.05) is 25.7 Å². The molecule has 23 heavy (non-hydrogen) atoms. The summed E-state index contributed by atoms with van der Waals surface area (Å²) < 4.78 is 0. The molecular formula is C16H19N4OSY-. The molecule has 2 N–H and O–H groups in total. The summed E-state index contributed by atoms with van der Waals surface area (Å²) in [5.74, 6) is 0.377. The predicted octanol–water partition coefficient (Wildman–Crippen LogP) is 2.89. The number of hydrogen-bond donors (Lipinski definition) is 2. The monoisotopic (exact) mass is 404 g/mol. The number of aryl methyl sites for hydroxylation is 1. The van der Waals surface area contributed by atoms with Gasteiger partial charge in [0.05, 0.1) is 5.54 Å². The summed E-state index contributed by atoms with van der Waals surface area (Å²) >= 11 is 5.54. The molecule has 0 unspecified atom stereocenters.